The van der Waals surface area contributed by atoms with Gasteiger partial charge in [-0.15, -0.1) is 0 Å². The molecule has 0 fully saturated rings. The summed E-state index contributed by atoms with van der Waals surface area (Å²) in [5, 5.41) is 8.54. The highest BCUT2D eigenvalue weighted by molar-refractivity contribution is 6.06. The lowest BCUT2D eigenvalue weighted by molar-refractivity contribution is -0.113. The van der Waals surface area contributed by atoms with Crippen molar-refractivity contribution in [3.8, 4) is 5.75 Å². The number of hydrogen-bond acceptors (Lipinski definition) is 3. The van der Waals surface area contributed by atoms with E-state index in [1.165, 1.54) is 0 Å². The number of nitrogens with one attached hydrogen (secondary N) is 3. The topological polar surface area (TPSA) is 79.5 Å². The summed E-state index contributed by atoms with van der Waals surface area (Å²) < 4.78 is 5.15. The summed E-state index contributed by atoms with van der Waals surface area (Å²) in [6.07, 6.45) is 0. The third-order valence-corrected chi connectivity index (χ3v) is 4.89. The molecule has 6 nitrogen and oxygen atoms in total. The van der Waals surface area contributed by atoms with Gasteiger partial charge in [0.15, 0.2) is 0 Å². The molecule has 3 amide bonds. The smallest absolute Gasteiger partial charge is 0.319 e. The Morgan fingerprint density at radius 3 is 2.21 bits per heavy atom. The van der Waals surface area contributed by atoms with Gasteiger partial charge in [-0.05, 0) is 68.7 Å². The number of benzene rings is 2. The quantitative estimate of drug-likeness (QED) is 0.754. The lowest BCUT2D eigenvalue weighted by Crippen LogP contribution is -2.46. The molecule has 1 heterocycles. The van der Waals surface area contributed by atoms with Gasteiger partial charge < -0.3 is 20.7 Å². The molecule has 0 saturated heterocycles. The average molecular weight is 379 g/mol. The highest BCUT2D eigenvalue weighted by Crippen LogP contribution is 2.32. The van der Waals surface area contributed by atoms with Crippen LogP contribution in [0, 0.1) is 20.8 Å². The lowest BCUT2D eigenvalue weighted by atomic mass is 9.87. The fourth-order valence-corrected chi connectivity index (χ4v) is 3.73. The summed E-state index contributed by atoms with van der Waals surface area (Å²) in [5.74, 6) is 0.448. The number of hydrogen-bond donors (Lipinski definition) is 3. The van der Waals surface area contributed by atoms with Crippen molar-refractivity contribution in [2.75, 3.05) is 12.4 Å². The first-order valence-electron chi connectivity index (χ1n) is 9.11. The van der Waals surface area contributed by atoms with E-state index in [0.29, 0.717) is 22.7 Å². The van der Waals surface area contributed by atoms with Crippen LogP contribution in [-0.4, -0.2) is 19.0 Å². The van der Waals surface area contributed by atoms with Crippen LogP contribution in [0.3, 0.4) is 0 Å². The summed E-state index contributed by atoms with van der Waals surface area (Å²) >= 11 is 0. The zero-order valence-corrected chi connectivity index (χ0v) is 16.8. The third kappa shape index (κ3) is 3.86. The number of carbonyl (C=O) groups excluding carboxylic acids is 2. The number of anilines is 1. The Kier molecular flexibility index (Phi) is 5.40. The van der Waals surface area contributed by atoms with Gasteiger partial charge in [0.25, 0.3) is 5.91 Å². The normalized spacial score (nSPS) is 16.3. The number of amides is 3. The molecule has 0 aliphatic carbocycles. The molecule has 3 N–H and O–H groups in total. The van der Waals surface area contributed by atoms with E-state index in [4.69, 9.17) is 4.74 Å². The molecule has 1 aliphatic heterocycles. The van der Waals surface area contributed by atoms with Crippen LogP contribution in [0.1, 0.15) is 35.2 Å². The molecule has 0 spiro atoms. The van der Waals surface area contributed by atoms with Gasteiger partial charge in [-0.3, -0.25) is 4.79 Å². The van der Waals surface area contributed by atoms with Crippen molar-refractivity contribution in [2.24, 2.45) is 0 Å². The molecule has 1 atom stereocenters. The summed E-state index contributed by atoms with van der Waals surface area (Å²) in [6, 6.07) is 10.4. The van der Waals surface area contributed by atoms with E-state index < -0.39 is 6.04 Å². The van der Waals surface area contributed by atoms with E-state index in [9.17, 15) is 9.59 Å². The SMILES string of the molecule is COc1ccc(NC(=O)C2=C(C)NC(=O)N[C@@H]2c2c(C)cc(C)cc2C)cc1. The standard InChI is InChI=1S/C22H25N3O3/c1-12-10-13(2)18(14(3)11-12)20-19(15(4)23-22(27)25-20)21(26)24-16-6-8-17(28-5)9-7-16/h6-11,20H,1-5H3,(H,24,26)(H2,23,25,27)/t20-/m1/s1. The molecule has 2 aromatic rings. The number of aryl methyl sites for hydroxylation is 3. The van der Waals surface area contributed by atoms with E-state index in [1.807, 2.05) is 20.8 Å². The molecule has 0 aromatic heterocycles. The first-order chi connectivity index (χ1) is 13.3. The number of rotatable bonds is 4. The second kappa shape index (κ2) is 7.76. The zero-order valence-electron chi connectivity index (χ0n) is 16.8. The van der Waals surface area contributed by atoms with Crippen LogP contribution in [0.25, 0.3) is 0 Å². The summed E-state index contributed by atoms with van der Waals surface area (Å²) in [7, 11) is 1.59. The molecule has 6 heteroatoms. The van der Waals surface area contributed by atoms with Crippen molar-refractivity contribution in [1.82, 2.24) is 10.6 Å². The fraction of sp³-hybridized carbons (Fsp3) is 0.273. The Hall–Kier alpha value is -3.28. The van der Waals surface area contributed by atoms with Crippen molar-refractivity contribution < 1.29 is 14.3 Å². The van der Waals surface area contributed by atoms with E-state index in [-0.39, 0.29) is 11.9 Å². The Bertz CT molecular complexity index is 938. The van der Waals surface area contributed by atoms with Gasteiger partial charge >= 0.3 is 6.03 Å². The van der Waals surface area contributed by atoms with Crippen molar-refractivity contribution in [3.05, 3.63) is 69.9 Å². The molecule has 2 aromatic carbocycles. The van der Waals surface area contributed by atoms with Gasteiger partial charge in [0.1, 0.15) is 5.75 Å². The number of carbonyl (C=O) groups is 2. The maximum Gasteiger partial charge on any atom is 0.319 e. The van der Waals surface area contributed by atoms with Gasteiger partial charge in [0, 0.05) is 11.4 Å². The second-order valence-corrected chi connectivity index (χ2v) is 7.07. The van der Waals surface area contributed by atoms with Crippen LogP contribution in [0.15, 0.2) is 47.7 Å². The predicted molar refractivity (Wildman–Crippen MR) is 109 cm³/mol. The van der Waals surface area contributed by atoms with Gasteiger partial charge in [-0.25, -0.2) is 4.79 Å². The Morgan fingerprint density at radius 1 is 1.04 bits per heavy atom. The van der Waals surface area contributed by atoms with Crippen molar-refractivity contribution in [2.45, 2.75) is 33.7 Å². The van der Waals surface area contributed by atoms with E-state index in [0.717, 1.165) is 22.3 Å². The van der Waals surface area contributed by atoms with Crippen LogP contribution < -0.4 is 20.7 Å². The largest absolute Gasteiger partial charge is 0.497 e. The van der Waals surface area contributed by atoms with Gasteiger partial charge in [-0.2, -0.15) is 0 Å². The van der Waals surface area contributed by atoms with Gasteiger partial charge in [0.2, 0.25) is 0 Å². The molecule has 0 saturated carbocycles. The molecular formula is C22H25N3O3. The first kappa shape index (κ1) is 19.5. The van der Waals surface area contributed by atoms with Gasteiger partial charge in [0.05, 0.1) is 18.7 Å². The van der Waals surface area contributed by atoms with E-state index in [1.54, 1.807) is 38.3 Å². The minimum Gasteiger partial charge on any atom is -0.497 e. The minimum absolute atomic E-state index is 0.264. The number of methoxy groups -OCH3 is 1. The molecule has 0 unspecified atom stereocenters. The van der Waals surface area contributed by atoms with Crippen molar-refractivity contribution in [1.29, 1.82) is 0 Å². The molecule has 146 valence electrons. The summed E-state index contributed by atoms with van der Waals surface area (Å²) in [5.41, 5.74) is 5.84. The Morgan fingerprint density at radius 2 is 1.64 bits per heavy atom. The molecule has 0 radical (unpaired) electrons. The predicted octanol–water partition coefficient (Wildman–Crippen LogP) is 3.89. The molecule has 28 heavy (non-hydrogen) atoms. The van der Waals surface area contributed by atoms with Crippen LogP contribution in [0.2, 0.25) is 0 Å². The van der Waals surface area contributed by atoms with Crippen LogP contribution in [0.4, 0.5) is 10.5 Å². The maximum absolute atomic E-state index is 13.1. The van der Waals surface area contributed by atoms with Crippen LogP contribution in [-0.2, 0) is 4.79 Å². The van der Waals surface area contributed by atoms with Crippen LogP contribution >= 0.6 is 0 Å². The highest BCUT2D eigenvalue weighted by atomic mass is 16.5. The third-order valence-electron chi connectivity index (χ3n) is 4.89. The summed E-state index contributed by atoms with van der Waals surface area (Å²) in [6.45, 7) is 7.77. The monoisotopic (exact) mass is 379 g/mol. The number of ether oxygens (including phenoxy) is 1. The highest BCUT2D eigenvalue weighted by Gasteiger charge is 2.33. The fourth-order valence-electron chi connectivity index (χ4n) is 3.73. The lowest BCUT2D eigenvalue weighted by Gasteiger charge is -2.31. The first-order valence-corrected chi connectivity index (χ1v) is 9.11. The summed E-state index contributed by atoms with van der Waals surface area (Å²) in [4.78, 5) is 25.3. The molecular weight excluding hydrogens is 354 g/mol. The second-order valence-electron chi connectivity index (χ2n) is 7.07. The molecule has 3 rings (SSSR count). The minimum atomic E-state index is -0.521. The Labute approximate surface area is 165 Å². The average Bonchev–Trinajstić information content (AvgIpc) is 2.61. The van der Waals surface area contributed by atoms with E-state index in [2.05, 4.69) is 28.1 Å². The van der Waals surface area contributed by atoms with Gasteiger partial charge in [-0.1, -0.05) is 17.7 Å². The zero-order chi connectivity index (χ0) is 20.4. The molecule has 0 bridgehead atoms. The Balaban J connectivity index is 1.99. The number of urea groups is 1. The molecule has 1 aliphatic rings. The number of allylic oxidation sites excluding steroid dienone is 1. The van der Waals surface area contributed by atoms with E-state index >= 15 is 0 Å². The van der Waals surface area contributed by atoms with Crippen LogP contribution in [0.5, 0.6) is 5.75 Å². The van der Waals surface area contributed by atoms with Crippen molar-refractivity contribution >= 4 is 17.6 Å². The van der Waals surface area contributed by atoms with Crippen molar-refractivity contribution in [3.63, 3.8) is 0 Å². The maximum atomic E-state index is 13.1.